The molecule has 8 heteroatoms. The molecule has 0 aliphatic carbocycles. The van der Waals surface area contributed by atoms with E-state index in [0.29, 0.717) is 25.1 Å². The lowest BCUT2D eigenvalue weighted by Crippen LogP contribution is -2.40. The maximum atomic E-state index is 12.4. The van der Waals surface area contributed by atoms with Crippen LogP contribution in [0.3, 0.4) is 0 Å². The van der Waals surface area contributed by atoms with Crippen molar-refractivity contribution in [2.24, 2.45) is 0 Å². The molecule has 0 unspecified atom stereocenters. The van der Waals surface area contributed by atoms with Crippen molar-refractivity contribution in [3.63, 3.8) is 0 Å². The van der Waals surface area contributed by atoms with Crippen LogP contribution in [0.2, 0.25) is 0 Å². The number of rotatable bonds is 10. The summed E-state index contributed by atoms with van der Waals surface area (Å²) in [6, 6.07) is 4.35. The van der Waals surface area contributed by atoms with E-state index in [4.69, 9.17) is 5.11 Å². The van der Waals surface area contributed by atoms with Crippen molar-refractivity contribution in [3.05, 3.63) is 29.8 Å². The fraction of sp³-hybridized carbons (Fsp3) is 0.529. The number of nitrogens with zero attached hydrogens (tertiary/aromatic N) is 1. The lowest BCUT2D eigenvalue weighted by molar-refractivity contribution is -0.139. The Balaban J connectivity index is 2.95. The summed E-state index contributed by atoms with van der Waals surface area (Å²) in [6.45, 7) is 6.77. The van der Waals surface area contributed by atoms with Gasteiger partial charge in [0.15, 0.2) is 0 Å². The Kier molecular flexibility index (Phi) is 8.05. The van der Waals surface area contributed by atoms with Gasteiger partial charge in [0.05, 0.1) is 4.90 Å². The van der Waals surface area contributed by atoms with Gasteiger partial charge in [0, 0.05) is 18.7 Å². The fourth-order valence-corrected chi connectivity index (χ4v) is 3.59. The highest BCUT2D eigenvalue weighted by atomic mass is 32.2. The van der Waals surface area contributed by atoms with Gasteiger partial charge < -0.3 is 10.0 Å². The van der Waals surface area contributed by atoms with Crippen LogP contribution in [0.25, 0.3) is 0 Å². The second-order valence-corrected chi connectivity index (χ2v) is 7.37. The van der Waals surface area contributed by atoms with Gasteiger partial charge >= 0.3 is 5.97 Å². The third kappa shape index (κ3) is 5.82. The van der Waals surface area contributed by atoms with Gasteiger partial charge in [-0.15, -0.1) is 0 Å². The molecule has 0 aliphatic heterocycles. The van der Waals surface area contributed by atoms with E-state index >= 15 is 0 Å². The first-order valence-electron chi connectivity index (χ1n) is 8.41. The lowest BCUT2D eigenvalue weighted by atomic mass is 10.1. The average Bonchev–Trinajstić information content (AvgIpc) is 2.59. The van der Waals surface area contributed by atoms with Crippen molar-refractivity contribution in [1.29, 1.82) is 0 Å². The third-order valence-electron chi connectivity index (χ3n) is 3.90. The molecule has 2 N–H and O–H groups in total. The zero-order valence-corrected chi connectivity index (χ0v) is 15.7. The van der Waals surface area contributed by atoms with Crippen LogP contribution < -0.4 is 4.72 Å². The van der Waals surface area contributed by atoms with E-state index in [0.717, 1.165) is 6.42 Å². The molecule has 0 fully saturated rings. The molecule has 0 aromatic heterocycles. The lowest BCUT2D eigenvalue weighted by Gasteiger charge is -2.19. The van der Waals surface area contributed by atoms with Gasteiger partial charge in [-0.2, -0.15) is 4.72 Å². The van der Waals surface area contributed by atoms with Crippen molar-refractivity contribution in [2.75, 3.05) is 13.1 Å². The van der Waals surface area contributed by atoms with E-state index in [9.17, 15) is 18.0 Å². The summed E-state index contributed by atoms with van der Waals surface area (Å²) in [5.41, 5.74) is 0.392. The van der Waals surface area contributed by atoms with E-state index < -0.39 is 22.0 Å². The first-order valence-corrected chi connectivity index (χ1v) is 9.89. The molecule has 7 nitrogen and oxygen atoms in total. The molecule has 1 amide bonds. The Hall–Kier alpha value is -1.93. The molecule has 140 valence electrons. The van der Waals surface area contributed by atoms with E-state index in [1.54, 1.807) is 4.90 Å². The Morgan fingerprint density at radius 3 is 2.12 bits per heavy atom. The number of hydrogen-bond donors (Lipinski definition) is 2. The quantitative estimate of drug-likeness (QED) is 0.656. The van der Waals surface area contributed by atoms with Gasteiger partial charge in [0.2, 0.25) is 10.0 Å². The van der Waals surface area contributed by atoms with Crippen molar-refractivity contribution in [2.45, 2.75) is 51.0 Å². The van der Waals surface area contributed by atoms with Crippen LogP contribution in [0.1, 0.15) is 50.4 Å². The maximum absolute atomic E-state index is 12.4. The molecule has 0 saturated carbocycles. The minimum atomic E-state index is -3.96. The number of amides is 1. The Labute approximate surface area is 149 Å². The van der Waals surface area contributed by atoms with Crippen LogP contribution in [0.4, 0.5) is 0 Å². The largest absolute Gasteiger partial charge is 0.480 e. The minimum absolute atomic E-state index is 0.0636. The van der Waals surface area contributed by atoms with Gasteiger partial charge in [-0.25, -0.2) is 8.42 Å². The molecule has 1 aromatic rings. The van der Waals surface area contributed by atoms with Gasteiger partial charge in [0.1, 0.15) is 6.04 Å². The number of nitrogens with one attached hydrogen (secondary N) is 1. The van der Waals surface area contributed by atoms with Crippen molar-refractivity contribution in [1.82, 2.24) is 9.62 Å². The molecule has 1 rings (SSSR count). The van der Waals surface area contributed by atoms with Gasteiger partial charge in [0.25, 0.3) is 5.91 Å². The van der Waals surface area contributed by atoms with Gasteiger partial charge in [-0.1, -0.05) is 19.8 Å². The number of carboxylic acids is 1. The van der Waals surface area contributed by atoms with Crippen LogP contribution in [0, 0.1) is 0 Å². The highest BCUT2D eigenvalue weighted by molar-refractivity contribution is 7.89. The average molecular weight is 370 g/mol. The summed E-state index contributed by atoms with van der Waals surface area (Å²) in [7, 11) is -3.96. The number of carbonyl (C=O) groups is 2. The number of aliphatic carboxylic acids is 1. The van der Waals surface area contributed by atoms with Crippen molar-refractivity contribution in [3.8, 4) is 0 Å². The topological polar surface area (TPSA) is 104 Å². The SMILES string of the molecule is CCCC[C@H](NS(=O)(=O)c1ccc(C(=O)N(CC)CC)cc1)C(=O)O. The number of carbonyl (C=O) groups excluding carboxylic acids is 1. The number of unbranched alkanes of at least 4 members (excludes halogenated alkanes) is 1. The highest BCUT2D eigenvalue weighted by Crippen LogP contribution is 2.14. The molecule has 0 heterocycles. The predicted molar refractivity (Wildman–Crippen MR) is 95.0 cm³/mol. The number of carboxylic acid groups (broad SMARTS) is 1. The molecular formula is C17H26N2O5S. The maximum Gasteiger partial charge on any atom is 0.321 e. The minimum Gasteiger partial charge on any atom is -0.480 e. The number of hydrogen-bond acceptors (Lipinski definition) is 4. The van der Waals surface area contributed by atoms with Gasteiger partial charge in [-0.3, -0.25) is 9.59 Å². The van der Waals surface area contributed by atoms with Crippen LogP contribution in [-0.2, 0) is 14.8 Å². The standard InChI is InChI=1S/C17H26N2O5S/c1-4-7-8-15(17(21)22)18-25(23,24)14-11-9-13(10-12-14)16(20)19(5-2)6-3/h9-12,15,18H,4-8H2,1-3H3,(H,21,22)/t15-/m0/s1. The molecule has 1 atom stereocenters. The van der Waals surface area contributed by atoms with Crippen LogP contribution in [-0.4, -0.2) is 49.4 Å². The van der Waals surface area contributed by atoms with E-state index in [1.165, 1.54) is 24.3 Å². The number of benzene rings is 1. The monoisotopic (exact) mass is 370 g/mol. The third-order valence-corrected chi connectivity index (χ3v) is 5.39. The second-order valence-electron chi connectivity index (χ2n) is 5.66. The fourth-order valence-electron chi connectivity index (χ4n) is 2.37. The second kappa shape index (κ2) is 9.53. The summed E-state index contributed by atoms with van der Waals surface area (Å²) < 4.78 is 27.0. The highest BCUT2D eigenvalue weighted by Gasteiger charge is 2.25. The Morgan fingerprint density at radius 1 is 1.12 bits per heavy atom. The van der Waals surface area contributed by atoms with Gasteiger partial charge in [-0.05, 0) is 44.5 Å². The van der Waals surface area contributed by atoms with Crippen molar-refractivity contribution < 1.29 is 23.1 Å². The predicted octanol–water partition coefficient (Wildman–Crippen LogP) is 2.09. The van der Waals surface area contributed by atoms with Crippen LogP contribution in [0.15, 0.2) is 29.2 Å². The molecule has 0 bridgehead atoms. The van der Waals surface area contributed by atoms with E-state index in [1.807, 2.05) is 20.8 Å². The summed E-state index contributed by atoms with van der Waals surface area (Å²) in [5, 5.41) is 9.17. The summed E-state index contributed by atoms with van der Waals surface area (Å²) in [5.74, 6) is -1.38. The zero-order chi connectivity index (χ0) is 19.0. The van der Waals surface area contributed by atoms with Crippen molar-refractivity contribution >= 4 is 21.9 Å². The van der Waals surface area contributed by atoms with E-state index in [2.05, 4.69) is 4.72 Å². The molecule has 0 aliphatic rings. The molecule has 1 aromatic carbocycles. The Morgan fingerprint density at radius 2 is 1.68 bits per heavy atom. The molecule has 0 radical (unpaired) electrons. The first kappa shape index (κ1) is 21.1. The molecular weight excluding hydrogens is 344 g/mol. The smallest absolute Gasteiger partial charge is 0.321 e. The normalized spacial score (nSPS) is 12.6. The summed E-state index contributed by atoms with van der Waals surface area (Å²) in [6.07, 6.45) is 1.61. The molecule has 25 heavy (non-hydrogen) atoms. The van der Waals surface area contributed by atoms with E-state index in [-0.39, 0.29) is 17.2 Å². The molecule has 0 spiro atoms. The van der Waals surface area contributed by atoms with Crippen LogP contribution >= 0.6 is 0 Å². The van der Waals surface area contributed by atoms with Crippen LogP contribution in [0.5, 0.6) is 0 Å². The summed E-state index contributed by atoms with van der Waals surface area (Å²) in [4.78, 5) is 25.0. The first-order chi connectivity index (χ1) is 11.8. The zero-order valence-electron chi connectivity index (χ0n) is 14.9. The number of sulfonamides is 1. The summed E-state index contributed by atoms with van der Waals surface area (Å²) >= 11 is 0. The Bertz CT molecular complexity index is 681. The molecule has 0 saturated heterocycles.